The fourth-order valence-corrected chi connectivity index (χ4v) is 5.57. The Balaban J connectivity index is 1.77. The molecule has 0 fully saturated rings. The van der Waals surface area contributed by atoms with Crippen LogP contribution in [0.4, 0.5) is 5.13 Å². The van der Waals surface area contributed by atoms with Crippen LogP contribution in [0.1, 0.15) is 32.0 Å². The molecule has 0 unspecified atom stereocenters. The molecule has 0 bridgehead atoms. The van der Waals surface area contributed by atoms with E-state index in [-0.39, 0.29) is 4.90 Å². The predicted molar refractivity (Wildman–Crippen MR) is 117 cm³/mol. The van der Waals surface area contributed by atoms with Crippen LogP contribution in [0.25, 0.3) is 15.9 Å². The third-order valence-corrected chi connectivity index (χ3v) is 6.87. The maximum atomic E-state index is 13.3. The minimum atomic E-state index is -3.86. The summed E-state index contributed by atoms with van der Waals surface area (Å²) in [5, 5.41) is 4.94. The number of fused-ring (bicyclic) bond motifs is 1. The van der Waals surface area contributed by atoms with Gasteiger partial charge in [0.2, 0.25) is 0 Å². The molecule has 8 heteroatoms. The van der Waals surface area contributed by atoms with Gasteiger partial charge < -0.3 is 0 Å². The molecule has 6 nitrogen and oxygen atoms in total. The van der Waals surface area contributed by atoms with E-state index in [1.54, 1.807) is 10.9 Å². The summed E-state index contributed by atoms with van der Waals surface area (Å²) in [6, 6.07) is 15.3. The average Bonchev–Trinajstić information content (AvgIpc) is 3.26. The summed E-state index contributed by atoms with van der Waals surface area (Å²) < 4.78 is 31.7. The van der Waals surface area contributed by atoms with Gasteiger partial charge in [-0.05, 0) is 36.8 Å². The average molecular weight is 427 g/mol. The third-order valence-electron chi connectivity index (χ3n) is 4.47. The Hall–Kier alpha value is -2.71. The minimum absolute atomic E-state index is 0.157. The highest BCUT2D eigenvalue weighted by Gasteiger charge is 2.31. The molecule has 2 aromatic carbocycles. The molecule has 150 valence electrons. The SMILES string of the molecule is Cc1ccc2nc(NS(=O)(=O)c3cn(-c4ccccc4)nc3C(C)(C)C)sc2c1. The molecular formula is C21H22N4O2S2. The second-order valence-corrected chi connectivity index (χ2v) is 10.6. The molecular weight excluding hydrogens is 404 g/mol. The lowest BCUT2D eigenvalue weighted by molar-refractivity contribution is 0.543. The van der Waals surface area contributed by atoms with Crippen molar-refractivity contribution in [3.8, 4) is 5.69 Å². The predicted octanol–water partition coefficient (Wildman–Crippen LogP) is 4.89. The van der Waals surface area contributed by atoms with Crippen molar-refractivity contribution in [1.82, 2.24) is 14.8 Å². The van der Waals surface area contributed by atoms with Gasteiger partial charge in [-0.1, -0.05) is 56.4 Å². The molecule has 0 spiro atoms. The highest BCUT2D eigenvalue weighted by Crippen LogP contribution is 2.32. The zero-order valence-corrected chi connectivity index (χ0v) is 18.3. The topological polar surface area (TPSA) is 76.9 Å². The fourth-order valence-electron chi connectivity index (χ4n) is 3.03. The summed E-state index contributed by atoms with van der Waals surface area (Å²) >= 11 is 1.32. The van der Waals surface area contributed by atoms with Gasteiger partial charge in [0.05, 0.1) is 27.8 Å². The van der Waals surface area contributed by atoms with Gasteiger partial charge in [0.15, 0.2) is 5.13 Å². The van der Waals surface area contributed by atoms with Crippen LogP contribution in [0, 0.1) is 6.92 Å². The standard InChI is InChI=1S/C21H22N4O2S2/c1-14-10-11-16-17(12-14)28-20(22-16)24-29(26,27)18-13-25(15-8-6-5-7-9-15)23-19(18)21(2,3)4/h5-13H,1-4H3,(H,22,24). The van der Waals surface area contributed by atoms with Gasteiger partial charge in [0.25, 0.3) is 10.0 Å². The van der Waals surface area contributed by atoms with Gasteiger partial charge in [-0.2, -0.15) is 5.10 Å². The van der Waals surface area contributed by atoms with Crippen molar-refractivity contribution in [1.29, 1.82) is 0 Å². The summed E-state index contributed by atoms with van der Waals surface area (Å²) in [6.07, 6.45) is 1.57. The molecule has 1 N–H and O–H groups in total. The molecule has 2 aromatic heterocycles. The Morgan fingerprint density at radius 3 is 2.48 bits per heavy atom. The normalized spacial score (nSPS) is 12.4. The fraction of sp³-hybridized carbons (Fsp3) is 0.238. The summed E-state index contributed by atoms with van der Waals surface area (Å²) in [6.45, 7) is 7.84. The number of hydrogen-bond acceptors (Lipinski definition) is 5. The summed E-state index contributed by atoms with van der Waals surface area (Å²) in [4.78, 5) is 4.58. The molecule has 0 saturated heterocycles. The summed E-state index contributed by atoms with van der Waals surface area (Å²) in [5.41, 5.74) is 2.74. The van der Waals surface area contributed by atoms with E-state index < -0.39 is 15.4 Å². The largest absolute Gasteiger partial charge is 0.267 e. The van der Waals surface area contributed by atoms with Crippen LogP contribution in [-0.2, 0) is 15.4 Å². The quantitative estimate of drug-likeness (QED) is 0.504. The van der Waals surface area contributed by atoms with Crippen molar-refractivity contribution in [2.45, 2.75) is 38.0 Å². The van der Waals surface area contributed by atoms with Crippen LogP contribution in [0.2, 0.25) is 0 Å². The number of aryl methyl sites for hydroxylation is 1. The summed E-state index contributed by atoms with van der Waals surface area (Å²) in [7, 11) is -3.86. The first-order valence-corrected chi connectivity index (χ1v) is 11.5. The maximum absolute atomic E-state index is 13.3. The number of sulfonamides is 1. The highest BCUT2D eigenvalue weighted by atomic mass is 32.2. The van der Waals surface area contributed by atoms with E-state index >= 15 is 0 Å². The first-order valence-electron chi connectivity index (χ1n) is 9.19. The molecule has 29 heavy (non-hydrogen) atoms. The van der Waals surface area contributed by atoms with E-state index in [0.717, 1.165) is 21.5 Å². The Morgan fingerprint density at radius 2 is 1.79 bits per heavy atom. The Kier molecular flexibility index (Phi) is 4.71. The van der Waals surface area contributed by atoms with E-state index in [0.29, 0.717) is 10.8 Å². The number of benzene rings is 2. The molecule has 2 heterocycles. The molecule has 0 radical (unpaired) electrons. The van der Waals surface area contributed by atoms with Crippen LogP contribution in [0.5, 0.6) is 0 Å². The van der Waals surface area contributed by atoms with E-state index in [2.05, 4.69) is 14.8 Å². The van der Waals surface area contributed by atoms with Gasteiger partial charge >= 0.3 is 0 Å². The molecule has 4 aromatic rings. The lowest BCUT2D eigenvalue weighted by atomic mass is 9.92. The number of hydrogen-bond donors (Lipinski definition) is 1. The number of aromatic nitrogens is 3. The minimum Gasteiger partial charge on any atom is -0.254 e. The van der Waals surface area contributed by atoms with Gasteiger partial charge in [0.1, 0.15) is 4.90 Å². The number of nitrogens with zero attached hydrogens (tertiary/aromatic N) is 3. The van der Waals surface area contributed by atoms with Crippen molar-refractivity contribution in [3.05, 3.63) is 66.0 Å². The van der Waals surface area contributed by atoms with Crippen LogP contribution < -0.4 is 4.72 Å². The van der Waals surface area contributed by atoms with Gasteiger partial charge in [-0.15, -0.1) is 0 Å². The molecule has 0 atom stereocenters. The summed E-state index contributed by atoms with van der Waals surface area (Å²) in [5.74, 6) is 0. The third kappa shape index (κ3) is 3.90. The number of thiazole rings is 1. The first-order chi connectivity index (χ1) is 13.6. The zero-order valence-electron chi connectivity index (χ0n) is 16.7. The Labute approximate surface area is 174 Å². The van der Waals surface area contributed by atoms with Crippen LogP contribution in [0.3, 0.4) is 0 Å². The van der Waals surface area contributed by atoms with Crippen molar-refractivity contribution in [2.24, 2.45) is 0 Å². The second-order valence-electron chi connectivity index (χ2n) is 7.97. The van der Waals surface area contributed by atoms with Gasteiger partial charge in [-0.25, -0.2) is 18.1 Å². The van der Waals surface area contributed by atoms with E-state index in [1.165, 1.54) is 11.3 Å². The molecule has 0 aliphatic rings. The molecule has 0 saturated carbocycles. The Bertz CT molecular complexity index is 1280. The highest BCUT2D eigenvalue weighted by molar-refractivity contribution is 7.93. The number of rotatable bonds is 4. The van der Waals surface area contributed by atoms with E-state index in [9.17, 15) is 8.42 Å². The van der Waals surface area contributed by atoms with Crippen molar-refractivity contribution >= 4 is 36.7 Å². The zero-order chi connectivity index (χ0) is 20.8. The van der Waals surface area contributed by atoms with Crippen LogP contribution in [-0.4, -0.2) is 23.2 Å². The number of anilines is 1. The lowest BCUT2D eigenvalue weighted by Crippen LogP contribution is -2.20. The molecule has 0 aliphatic carbocycles. The smallest absolute Gasteiger partial charge is 0.254 e. The monoisotopic (exact) mass is 426 g/mol. The lowest BCUT2D eigenvalue weighted by Gasteiger charge is -2.17. The van der Waals surface area contributed by atoms with E-state index in [4.69, 9.17) is 0 Å². The molecule has 0 aliphatic heterocycles. The van der Waals surface area contributed by atoms with Crippen molar-refractivity contribution in [3.63, 3.8) is 0 Å². The second kappa shape index (κ2) is 6.96. The molecule has 4 rings (SSSR count). The molecule has 0 amide bonds. The van der Waals surface area contributed by atoms with Crippen LogP contribution >= 0.6 is 11.3 Å². The van der Waals surface area contributed by atoms with Crippen molar-refractivity contribution < 1.29 is 8.42 Å². The maximum Gasteiger partial charge on any atom is 0.267 e. The van der Waals surface area contributed by atoms with Crippen molar-refractivity contribution in [2.75, 3.05) is 4.72 Å². The van der Waals surface area contributed by atoms with E-state index in [1.807, 2.05) is 76.2 Å². The number of para-hydroxylation sites is 1. The van der Waals surface area contributed by atoms with Crippen LogP contribution in [0.15, 0.2) is 59.6 Å². The Morgan fingerprint density at radius 1 is 1.07 bits per heavy atom. The number of nitrogens with one attached hydrogen (secondary N) is 1. The first kappa shape index (κ1) is 19.6. The van der Waals surface area contributed by atoms with Gasteiger partial charge in [0, 0.05) is 5.41 Å². The van der Waals surface area contributed by atoms with Gasteiger partial charge in [-0.3, -0.25) is 4.72 Å².